The number of carboxylic acid groups (broad SMARTS) is 1. The number of nitro benzene ring substituents is 1. The molecule has 0 heterocycles. The Bertz CT molecular complexity index is 464. The first-order valence-electron chi connectivity index (χ1n) is 5.32. The van der Waals surface area contributed by atoms with Crippen molar-refractivity contribution in [2.24, 2.45) is 5.92 Å². The van der Waals surface area contributed by atoms with Crippen LogP contribution < -0.4 is 5.32 Å². The molecule has 0 aliphatic rings. The van der Waals surface area contributed by atoms with Crippen LogP contribution in [0, 0.1) is 16.0 Å². The number of anilines is 1. The Morgan fingerprint density at radius 2 is 2.28 bits per heavy atom. The van der Waals surface area contributed by atoms with Gasteiger partial charge >= 0.3 is 5.97 Å². The van der Waals surface area contributed by atoms with Crippen LogP contribution in [-0.4, -0.2) is 22.5 Å². The second-order valence-electron chi connectivity index (χ2n) is 3.87. The maximum Gasteiger partial charge on any atom is 0.306 e. The molecule has 1 rings (SSSR count). The van der Waals surface area contributed by atoms with Crippen molar-refractivity contribution < 1.29 is 14.8 Å². The van der Waals surface area contributed by atoms with Crippen molar-refractivity contribution >= 4 is 33.3 Å². The van der Waals surface area contributed by atoms with Crippen LogP contribution in [0.15, 0.2) is 22.7 Å². The second-order valence-corrected chi connectivity index (χ2v) is 4.79. The van der Waals surface area contributed by atoms with E-state index >= 15 is 0 Å². The van der Waals surface area contributed by atoms with E-state index in [4.69, 9.17) is 5.11 Å². The van der Waals surface area contributed by atoms with Gasteiger partial charge < -0.3 is 10.4 Å². The molecule has 0 saturated carbocycles. The molecule has 0 aromatic heterocycles. The van der Waals surface area contributed by atoms with Crippen molar-refractivity contribution in [2.45, 2.75) is 13.3 Å². The molecule has 1 atom stereocenters. The predicted octanol–water partition coefficient (Wildman–Crippen LogP) is 2.88. The third-order valence-corrected chi connectivity index (χ3v) is 2.96. The predicted molar refractivity (Wildman–Crippen MR) is 70.7 cm³/mol. The number of hydrogen-bond acceptors (Lipinski definition) is 4. The van der Waals surface area contributed by atoms with Crippen molar-refractivity contribution in [3.63, 3.8) is 0 Å². The number of nitrogens with one attached hydrogen (secondary N) is 1. The summed E-state index contributed by atoms with van der Waals surface area (Å²) in [5.41, 5.74) is 0.355. The Balaban J connectivity index is 2.67. The van der Waals surface area contributed by atoms with Gasteiger partial charge in [-0.2, -0.15) is 0 Å². The number of carbonyl (C=O) groups is 1. The molecule has 0 amide bonds. The minimum Gasteiger partial charge on any atom is -0.481 e. The summed E-state index contributed by atoms with van der Waals surface area (Å²) in [4.78, 5) is 21.0. The molecule has 0 spiro atoms. The maximum atomic E-state index is 10.8. The van der Waals surface area contributed by atoms with Gasteiger partial charge in [-0.3, -0.25) is 14.9 Å². The van der Waals surface area contributed by atoms with Crippen molar-refractivity contribution in [3.05, 3.63) is 32.8 Å². The Hall–Kier alpha value is -1.63. The lowest BCUT2D eigenvalue weighted by atomic mass is 10.1. The topological polar surface area (TPSA) is 92.5 Å². The number of nitrogens with zero attached hydrogens (tertiary/aromatic N) is 1. The van der Waals surface area contributed by atoms with Gasteiger partial charge in [-0.1, -0.05) is 22.9 Å². The van der Waals surface area contributed by atoms with Crippen molar-refractivity contribution in [2.75, 3.05) is 11.9 Å². The summed E-state index contributed by atoms with van der Waals surface area (Å²) in [6.07, 6.45) is 0.405. The molecule has 98 valence electrons. The van der Waals surface area contributed by atoms with E-state index in [-0.39, 0.29) is 5.69 Å². The summed E-state index contributed by atoms with van der Waals surface area (Å²) in [6, 6.07) is 4.69. The number of nitro groups is 1. The summed E-state index contributed by atoms with van der Waals surface area (Å²) in [5, 5.41) is 22.4. The molecule has 6 nitrogen and oxygen atoms in total. The molecule has 0 aliphatic heterocycles. The number of aliphatic carboxylic acids is 1. The number of rotatable bonds is 6. The molecular weight excluding hydrogens is 304 g/mol. The third-order valence-electron chi connectivity index (χ3n) is 2.47. The highest BCUT2D eigenvalue weighted by molar-refractivity contribution is 9.10. The van der Waals surface area contributed by atoms with Gasteiger partial charge in [0.2, 0.25) is 0 Å². The average molecular weight is 317 g/mol. The van der Waals surface area contributed by atoms with E-state index in [1.165, 1.54) is 6.07 Å². The fourth-order valence-electron chi connectivity index (χ4n) is 1.35. The van der Waals surface area contributed by atoms with Crippen molar-refractivity contribution in [1.29, 1.82) is 0 Å². The van der Waals surface area contributed by atoms with Crippen LogP contribution >= 0.6 is 15.9 Å². The van der Waals surface area contributed by atoms with Gasteiger partial charge in [0.15, 0.2) is 0 Å². The molecule has 18 heavy (non-hydrogen) atoms. The van der Waals surface area contributed by atoms with Crippen LogP contribution in [0.1, 0.15) is 13.3 Å². The Kier molecular flexibility index (Phi) is 5.08. The van der Waals surface area contributed by atoms with E-state index < -0.39 is 16.8 Å². The fourth-order valence-corrected chi connectivity index (χ4v) is 1.70. The van der Waals surface area contributed by atoms with E-state index in [1.807, 2.05) is 0 Å². The van der Waals surface area contributed by atoms with E-state index in [2.05, 4.69) is 21.2 Å². The normalized spacial score (nSPS) is 11.9. The average Bonchev–Trinajstić information content (AvgIpc) is 2.30. The standard InChI is InChI=1S/C11H13BrN2O4/c1-7(11(15)16)4-5-13-9-3-2-8(12)6-10(9)14(17)18/h2-3,6-7,13H,4-5H2,1H3,(H,15,16). The Morgan fingerprint density at radius 1 is 1.61 bits per heavy atom. The monoisotopic (exact) mass is 316 g/mol. The second kappa shape index (κ2) is 6.34. The zero-order valence-corrected chi connectivity index (χ0v) is 11.3. The first kappa shape index (κ1) is 14.4. The number of carboxylic acids is 1. The van der Waals surface area contributed by atoms with E-state index in [0.29, 0.717) is 23.1 Å². The zero-order chi connectivity index (χ0) is 13.7. The van der Waals surface area contributed by atoms with Crippen LogP contribution in [0.3, 0.4) is 0 Å². The minimum absolute atomic E-state index is 0.0349. The summed E-state index contributed by atoms with van der Waals surface area (Å²) in [5.74, 6) is -1.35. The lowest BCUT2D eigenvalue weighted by Gasteiger charge is -2.09. The lowest BCUT2D eigenvalue weighted by molar-refractivity contribution is -0.384. The fraction of sp³-hybridized carbons (Fsp3) is 0.364. The molecule has 7 heteroatoms. The molecule has 0 fully saturated rings. The highest BCUT2D eigenvalue weighted by atomic mass is 79.9. The quantitative estimate of drug-likeness (QED) is 0.621. The van der Waals surface area contributed by atoms with Crippen molar-refractivity contribution in [3.8, 4) is 0 Å². The molecule has 0 bridgehead atoms. The number of halogens is 1. The SMILES string of the molecule is CC(CCNc1ccc(Br)cc1[N+](=O)[O-])C(=O)O. The van der Waals surface area contributed by atoms with Crippen LogP contribution in [0.4, 0.5) is 11.4 Å². The molecule has 0 radical (unpaired) electrons. The summed E-state index contributed by atoms with van der Waals surface area (Å²) < 4.78 is 0.624. The molecule has 1 aromatic rings. The van der Waals surface area contributed by atoms with Crippen LogP contribution in [0.5, 0.6) is 0 Å². The number of hydrogen-bond donors (Lipinski definition) is 2. The molecule has 1 aromatic carbocycles. The van der Waals surface area contributed by atoms with Gasteiger partial charge in [0.05, 0.1) is 10.8 Å². The Morgan fingerprint density at radius 3 is 2.83 bits per heavy atom. The maximum absolute atomic E-state index is 10.8. The molecule has 2 N–H and O–H groups in total. The molecular formula is C11H13BrN2O4. The van der Waals surface area contributed by atoms with Crippen molar-refractivity contribution in [1.82, 2.24) is 0 Å². The van der Waals surface area contributed by atoms with E-state index in [1.54, 1.807) is 19.1 Å². The third kappa shape index (κ3) is 3.99. The first-order valence-corrected chi connectivity index (χ1v) is 6.11. The summed E-state index contributed by atoms with van der Waals surface area (Å²) >= 11 is 3.17. The van der Waals surface area contributed by atoms with Gasteiger partial charge in [0, 0.05) is 17.1 Å². The Labute approximate surface area is 112 Å². The van der Waals surface area contributed by atoms with E-state index in [9.17, 15) is 14.9 Å². The largest absolute Gasteiger partial charge is 0.481 e. The van der Waals surface area contributed by atoms with E-state index in [0.717, 1.165) is 0 Å². The molecule has 0 aliphatic carbocycles. The lowest BCUT2D eigenvalue weighted by Crippen LogP contribution is -2.14. The van der Waals surface area contributed by atoms with Gasteiger partial charge in [-0.25, -0.2) is 0 Å². The highest BCUT2D eigenvalue weighted by Gasteiger charge is 2.15. The minimum atomic E-state index is -0.873. The van der Waals surface area contributed by atoms with Gasteiger partial charge in [-0.05, 0) is 18.6 Å². The molecule has 1 unspecified atom stereocenters. The zero-order valence-electron chi connectivity index (χ0n) is 9.72. The molecule has 0 saturated heterocycles. The first-order chi connectivity index (χ1) is 8.41. The van der Waals surface area contributed by atoms with Gasteiger partial charge in [-0.15, -0.1) is 0 Å². The van der Waals surface area contributed by atoms with Gasteiger partial charge in [0.1, 0.15) is 5.69 Å². The van der Waals surface area contributed by atoms with Crippen LogP contribution in [0.25, 0.3) is 0 Å². The summed E-state index contributed by atoms with van der Waals surface area (Å²) in [7, 11) is 0. The van der Waals surface area contributed by atoms with Gasteiger partial charge in [0.25, 0.3) is 5.69 Å². The summed E-state index contributed by atoms with van der Waals surface area (Å²) in [6.45, 7) is 1.97. The van der Waals surface area contributed by atoms with Crippen LogP contribution in [-0.2, 0) is 4.79 Å². The highest BCUT2D eigenvalue weighted by Crippen LogP contribution is 2.27. The number of benzene rings is 1. The smallest absolute Gasteiger partial charge is 0.306 e. The van der Waals surface area contributed by atoms with Crippen LogP contribution in [0.2, 0.25) is 0 Å².